The number of primary amides is 1. The highest BCUT2D eigenvalue weighted by molar-refractivity contribution is 5.93. The maximum atomic E-state index is 11.4. The lowest BCUT2D eigenvalue weighted by atomic mass is 9.86. The Morgan fingerprint density at radius 1 is 0.828 bits per heavy atom. The molecule has 0 spiro atoms. The number of hydrogen-bond donors (Lipinski definition) is 1. The first-order chi connectivity index (χ1) is 14.2. The molecule has 0 aliphatic rings. The molecule has 5 heteroatoms. The second-order valence-corrected chi connectivity index (χ2v) is 6.78. The SMILES string of the molecule is NC(=O)c1ccc(-c2ncccc2CC(c2cccnc2)c2cccnc2)cc1. The standard InChI is InChI=1S/C24H20N4O/c25-24(29)18-9-7-17(8-10-18)23-19(4-3-13-28-23)14-22(20-5-1-11-26-15-20)21-6-2-12-27-16-21/h1-13,15-16,22H,14H2,(H2,25,29). The summed E-state index contributed by atoms with van der Waals surface area (Å²) in [5, 5.41) is 0. The first-order valence-corrected chi connectivity index (χ1v) is 9.36. The average Bonchev–Trinajstić information content (AvgIpc) is 2.79. The van der Waals surface area contributed by atoms with Crippen molar-refractivity contribution < 1.29 is 4.79 Å². The lowest BCUT2D eigenvalue weighted by Crippen LogP contribution is -2.10. The van der Waals surface area contributed by atoms with E-state index in [0.29, 0.717) is 5.56 Å². The Bertz CT molecular complexity index is 1060. The van der Waals surface area contributed by atoms with Crippen molar-refractivity contribution in [2.45, 2.75) is 12.3 Å². The van der Waals surface area contributed by atoms with Gasteiger partial charge in [0, 0.05) is 48.0 Å². The molecule has 2 N–H and O–H groups in total. The first-order valence-electron chi connectivity index (χ1n) is 9.36. The van der Waals surface area contributed by atoms with Crippen LogP contribution in [-0.2, 0) is 6.42 Å². The molecule has 1 amide bonds. The summed E-state index contributed by atoms with van der Waals surface area (Å²) in [6, 6.07) is 19.3. The van der Waals surface area contributed by atoms with Gasteiger partial charge in [0.1, 0.15) is 0 Å². The van der Waals surface area contributed by atoms with E-state index >= 15 is 0 Å². The number of amides is 1. The fraction of sp³-hybridized carbons (Fsp3) is 0.0833. The number of rotatable bonds is 6. The highest BCUT2D eigenvalue weighted by atomic mass is 16.1. The van der Waals surface area contributed by atoms with Gasteiger partial charge in [0.05, 0.1) is 5.69 Å². The van der Waals surface area contributed by atoms with Gasteiger partial charge in [0.15, 0.2) is 0 Å². The third-order valence-corrected chi connectivity index (χ3v) is 4.93. The van der Waals surface area contributed by atoms with E-state index in [9.17, 15) is 4.79 Å². The van der Waals surface area contributed by atoms with E-state index in [1.807, 2.05) is 42.7 Å². The van der Waals surface area contributed by atoms with Crippen molar-refractivity contribution in [2.24, 2.45) is 5.73 Å². The van der Waals surface area contributed by atoms with Crippen LogP contribution >= 0.6 is 0 Å². The van der Waals surface area contributed by atoms with E-state index < -0.39 is 5.91 Å². The van der Waals surface area contributed by atoms with Crippen LogP contribution in [-0.4, -0.2) is 20.9 Å². The van der Waals surface area contributed by atoms with Crippen LogP contribution in [0.3, 0.4) is 0 Å². The number of nitrogens with two attached hydrogens (primary N) is 1. The minimum atomic E-state index is -0.439. The molecule has 4 rings (SSSR count). The van der Waals surface area contributed by atoms with Crippen molar-refractivity contribution in [1.29, 1.82) is 0 Å². The maximum absolute atomic E-state index is 11.4. The summed E-state index contributed by atoms with van der Waals surface area (Å²) in [5.41, 5.74) is 11.0. The summed E-state index contributed by atoms with van der Waals surface area (Å²) in [7, 11) is 0. The summed E-state index contributed by atoms with van der Waals surface area (Å²) < 4.78 is 0. The summed E-state index contributed by atoms with van der Waals surface area (Å²) in [6.45, 7) is 0. The van der Waals surface area contributed by atoms with Crippen molar-refractivity contribution >= 4 is 5.91 Å². The van der Waals surface area contributed by atoms with Crippen LogP contribution in [0.5, 0.6) is 0 Å². The Hall–Kier alpha value is -3.86. The third kappa shape index (κ3) is 4.19. The molecule has 0 fully saturated rings. The van der Waals surface area contributed by atoms with E-state index in [-0.39, 0.29) is 5.92 Å². The fourth-order valence-corrected chi connectivity index (χ4v) is 3.47. The van der Waals surface area contributed by atoms with Gasteiger partial charge in [-0.25, -0.2) is 0 Å². The Labute approximate surface area is 169 Å². The predicted molar refractivity (Wildman–Crippen MR) is 112 cm³/mol. The molecule has 3 aromatic heterocycles. The highest BCUT2D eigenvalue weighted by Gasteiger charge is 2.18. The van der Waals surface area contributed by atoms with Crippen molar-refractivity contribution in [1.82, 2.24) is 15.0 Å². The maximum Gasteiger partial charge on any atom is 0.248 e. The molecule has 4 aromatic rings. The van der Waals surface area contributed by atoms with Crippen LogP contribution in [0.4, 0.5) is 0 Å². The van der Waals surface area contributed by atoms with Crippen molar-refractivity contribution in [2.75, 3.05) is 0 Å². The van der Waals surface area contributed by atoms with E-state index in [2.05, 4.69) is 33.2 Å². The number of carbonyl (C=O) groups excluding carboxylic acids is 1. The zero-order valence-corrected chi connectivity index (χ0v) is 15.8. The Balaban J connectivity index is 1.73. The summed E-state index contributed by atoms with van der Waals surface area (Å²) in [6.07, 6.45) is 9.88. The van der Waals surface area contributed by atoms with Crippen LogP contribution in [0.15, 0.2) is 91.6 Å². The quantitative estimate of drug-likeness (QED) is 0.548. The van der Waals surface area contributed by atoms with Gasteiger partial charge in [-0.15, -0.1) is 0 Å². The van der Waals surface area contributed by atoms with E-state index in [1.165, 1.54) is 0 Å². The Morgan fingerprint density at radius 2 is 1.45 bits per heavy atom. The lowest BCUT2D eigenvalue weighted by molar-refractivity contribution is 0.100. The molecule has 0 radical (unpaired) electrons. The van der Waals surface area contributed by atoms with Gasteiger partial charge in [-0.1, -0.05) is 30.3 Å². The van der Waals surface area contributed by atoms with Crippen LogP contribution in [0.1, 0.15) is 33.0 Å². The molecule has 0 unspecified atom stereocenters. The second-order valence-electron chi connectivity index (χ2n) is 6.78. The molecule has 0 aliphatic carbocycles. The predicted octanol–water partition coefficient (Wildman–Crippen LogP) is 4.01. The Kier molecular flexibility index (Phi) is 5.38. The third-order valence-electron chi connectivity index (χ3n) is 4.93. The van der Waals surface area contributed by atoms with Crippen LogP contribution in [0.25, 0.3) is 11.3 Å². The second kappa shape index (κ2) is 8.44. The molecule has 3 heterocycles. The highest BCUT2D eigenvalue weighted by Crippen LogP contribution is 2.31. The van der Waals surface area contributed by atoms with Gasteiger partial charge < -0.3 is 5.73 Å². The number of nitrogens with zero attached hydrogens (tertiary/aromatic N) is 3. The van der Waals surface area contributed by atoms with Crippen LogP contribution in [0.2, 0.25) is 0 Å². The molecule has 29 heavy (non-hydrogen) atoms. The Morgan fingerprint density at radius 3 is 2.00 bits per heavy atom. The molecule has 5 nitrogen and oxygen atoms in total. The molecule has 0 bridgehead atoms. The monoisotopic (exact) mass is 380 g/mol. The summed E-state index contributed by atoms with van der Waals surface area (Å²) >= 11 is 0. The van der Waals surface area contributed by atoms with E-state index in [4.69, 9.17) is 5.73 Å². The van der Waals surface area contributed by atoms with Gasteiger partial charge >= 0.3 is 0 Å². The van der Waals surface area contributed by atoms with Gasteiger partial charge in [-0.05, 0) is 53.4 Å². The van der Waals surface area contributed by atoms with E-state index in [1.54, 1.807) is 30.7 Å². The summed E-state index contributed by atoms with van der Waals surface area (Å²) in [5.74, 6) is -0.337. The van der Waals surface area contributed by atoms with Crippen molar-refractivity contribution in [3.63, 3.8) is 0 Å². The smallest absolute Gasteiger partial charge is 0.248 e. The number of aromatic nitrogens is 3. The van der Waals surface area contributed by atoms with Gasteiger partial charge in [0.25, 0.3) is 0 Å². The van der Waals surface area contributed by atoms with Gasteiger partial charge in [-0.2, -0.15) is 0 Å². The van der Waals surface area contributed by atoms with Crippen LogP contribution in [0, 0.1) is 0 Å². The zero-order valence-electron chi connectivity index (χ0n) is 15.8. The normalized spacial score (nSPS) is 10.8. The number of carbonyl (C=O) groups is 1. The number of pyridine rings is 3. The summed E-state index contributed by atoms with van der Waals surface area (Å²) in [4.78, 5) is 24.6. The number of hydrogen-bond acceptors (Lipinski definition) is 4. The lowest BCUT2D eigenvalue weighted by Gasteiger charge is -2.19. The molecule has 1 aromatic carbocycles. The van der Waals surface area contributed by atoms with Crippen molar-refractivity contribution in [3.8, 4) is 11.3 Å². The minimum absolute atomic E-state index is 0.102. The molecule has 0 atom stereocenters. The molecule has 142 valence electrons. The number of benzene rings is 1. The fourth-order valence-electron chi connectivity index (χ4n) is 3.47. The first kappa shape index (κ1) is 18.5. The molecular weight excluding hydrogens is 360 g/mol. The molecule has 0 saturated carbocycles. The van der Waals surface area contributed by atoms with Gasteiger partial charge in [0.2, 0.25) is 5.91 Å². The minimum Gasteiger partial charge on any atom is -0.366 e. The van der Waals surface area contributed by atoms with E-state index in [0.717, 1.165) is 34.4 Å². The van der Waals surface area contributed by atoms with Crippen LogP contribution < -0.4 is 5.73 Å². The largest absolute Gasteiger partial charge is 0.366 e. The zero-order chi connectivity index (χ0) is 20.1. The van der Waals surface area contributed by atoms with Gasteiger partial charge in [-0.3, -0.25) is 19.7 Å². The molecule has 0 saturated heterocycles. The molecule has 0 aliphatic heterocycles. The molecular formula is C24H20N4O. The topological polar surface area (TPSA) is 81.8 Å². The van der Waals surface area contributed by atoms with Crippen molar-refractivity contribution in [3.05, 3.63) is 114 Å². The average molecular weight is 380 g/mol.